The molecule has 2 fully saturated rings. The molecule has 3 aliphatic rings. The van der Waals surface area contributed by atoms with Crippen LogP contribution in [0.5, 0.6) is 0 Å². The molecule has 0 unspecified atom stereocenters. The van der Waals surface area contributed by atoms with Gasteiger partial charge in [0.1, 0.15) is 11.1 Å². The van der Waals surface area contributed by atoms with Crippen molar-refractivity contribution in [2.45, 2.75) is 56.6 Å². The van der Waals surface area contributed by atoms with Crippen molar-refractivity contribution in [3.05, 3.63) is 34.5 Å². The largest absolute Gasteiger partial charge is 0.440 e. The van der Waals surface area contributed by atoms with Crippen molar-refractivity contribution in [2.24, 2.45) is 0 Å². The minimum absolute atomic E-state index is 0.151. The first-order valence-corrected chi connectivity index (χ1v) is 9.24. The van der Waals surface area contributed by atoms with Crippen molar-refractivity contribution in [1.82, 2.24) is 9.88 Å². The Morgan fingerprint density at radius 1 is 1.25 bits per heavy atom. The minimum Gasteiger partial charge on any atom is -0.440 e. The van der Waals surface area contributed by atoms with Crippen LogP contribution < -0.4 is 0 Å². The van der Waals surface area contributed by atoms with Crippen LogP contribution in [-0.4, -0.2) is 28.1 Å². The number of ether oxygens (including phenoxy) is 1. The van der Waals surface area contributed by atoms with E-state index in [0.29, 0.717) is 6.54 Å². The molecule has 24 heavy (non-hydrogen) atoms. The van der Waals surface area contributed by atoms with Crippen LogP contribution in [0.15, 0.2) is 18.2 Å². The fraction of sp³-hybridized carbons (Fsp3) is 0.526. The topological polar surface area (TPSA) is 45.3 Å². The highest BCUT2D eigenvalue weighted by Gasteiger charge is 2.65. The number of amides is 1. The molecule has 5 rings (SSSR count). The molecule has 1 saturated carbocycles. The Bertz CT molecular complexity index is 852. The van der Waals surface area contributed by atoms with E-state index >= 15 is 0 Å². The molecule has 0 bridgehead atoms. The van der Waals surface area contributed by atoms with Crippen LogP contribution in [0.3, 0.4) is 0 Å². The number of halogens is 1. The molecule has 2 aliphatic heterocycles. The smallest absolute Gasteiger partial charge is 0.411 e. The monoisotopic (exact) mass is 344 g/mol. The van der Waals surface area contributed by atoms with Gasteiger partial charge in [-0.2, -0.15) is 0 Å². The first-order chi connectivity index (χ1) is 11.6. The number of nitrogens with zero attached hydrogens (tertiary/aromatic N) is 1. The normalized spacial score (nSPS) is 28.1. The van der Waals surface area contributed by atoms with Crippen LogP contribution in [0, 0.1) is 0 Å². The summed E-state index contributed by atoms with van der Waals surface area (Å²) in [5, 5.41) is 1.94. The van der Waals surface area contributed by atoms with Gasteiger partial charge in [-0.1, -0.05) is 18.0 Å². The van der Waals surface area contributed by atoms with Gasteiger partial charge in [0.15, 0.2) is 0 Å². The lowest BCUT2D eigenvalue weighted by molar-refractivity contribution is -0.0451. The third-order valence-electron chi connectivity index (χ3n) is 6.53. The van der Waals surface area contributed by atoms with Gasteiger partial charge in [0.2, 0.25) is 0 Å². The number of carbonyl (C=O) groups is 1. The molecule has 1 aliphatic carbocycles. The highest BCUT2D eigenvalue weighted by molar-refractivity contribution is 6.31. The Morgan fingerprint density at radius 3 is 2.83 bits per heavy atom. The van der Waals surface area contributed by atoms with Crippen molar-refractivity contribution < 1.29 is 9.53 Å². The molecule has 126 valence electrons. The first-order valence-electron chi connectivity index (χ1n) is 8.86. The molecule has 3 heterocycles. The molecule has 1 amide bonds. The number of hydrogen-bond donors (Lipinski definition) is 1. The van der Waals surface area contributed by atoms with Crippen molar-refractivity contribution in [1.29, 1.82) is 0 Å². The average Bonchev–Trinajstić information content (AvgIpc) is 3.03. The third kappa shape index (κ3) is 1.62. The molecule has 0 radical (unpaired) electrons. The number of hydrogen-bond acceptors (Lipinski definition) is 2. The Hall–Kier alpha value is -1.68. The predicted octanol–water partition coefficient (Wildman–Crippen LogP) is 4.75. The van der Waals surface area contributed by atoms with Crippen molar-refractivity contribution in [2.75, 3.05) is 6.54 Å². The molecule has 5 heteroatoms. The van der Waals surface area contributed by atoms with Gasteiger partial charge >= 0.3 is 6.09 Å². The average molecular weight is 345 g/mol. The van der Waals surface area contributed by atoms with Gasteiger partial charge < -0.3 is 9.72 Å². The Labute approximate surface area is 146 Å². The number of carbonyl (C=O) groups excluding carboxylic acids is 1. The molecule has 2 aromatic rings. The summed E-state index contributed by atoms with van der Waals surface area (Å²) < 4.78 is 6.06. The van der Waals surface area contributed by atoms with Gasteiger partial charge in [0.25, 0.3) is 0 Å². The molecule has 1 N–H and O–H groups in total. The van der Waals surface area contributed by atoms with Gasteiger partial charge in [0.05, 0.1) is 0 Å². The van der Waals surface area contributed by atoms with Crippen molar-refractivity contribution in [3.8, 4) is 0 Å². The summed E-state index contributed by atoms with van der Waals surface area (Å²) in [5.41, 5.74) is 2.73. The zero-order chi connectivity index (χ0) is 16.5. The molecule has 1 saturated heterocycles. The number of aromatic amines is 1. The molecule has 1 atom stereocenters. The molecular formula is C19H21ClN2O2. The summed E-state index contributed by atoms with van der Waals surface area (Å²) in [5.74, 6) is 0. The van der Waals surface area contributed by atoms with Gasteiger partial charge in [0, 0.05) is 28.2 Å². The van der Waals surface area contributed by atoms with E-state index in [9.17, 15) is 4.79 Å². The fourth-order valence-corrected chi connectivity index (χ4v) is 5.43. The van der Waals surface area contributed by atoms with Crippen molar-refractivity contribution in [3.63, 3.8) is 0 Å². The summed E-state index contributed by atoms with van der Waals surface area (Å²) in [6, 6.07) is 5.99. The molecular weight excluding hydrogens is 324 g/mol. The second-order valence-electron chi connectivity index (χ2n) is 7.57. The van der Waals surface area contributed by atoms with E-state index in [4.69, 9.17) is 16.3 Å². The van der Waals surface area contributed by atoms with Gasteiger partial charge in [-0.25, -0.2) is 4.79 Å². The summed E-state index contributed by atoms with van der Waals surface area (Å²) in [7, 11) is 0. The molecule has 1 aromatic heterocycles. The summed E-state index contributed by atoms with van der Waals surface area (Å²) in [6.07, 6.45) is 6.06. The van der Waals surface area contributed by atoms with Crippen LogP contribution >= 0.6 is 11.6 Å². The second kappa shape index (κ2) is 4.69. The van der Waals surface area contributed by atoms with E-state index in [0.717, 1.165) is 48.3 Å². The van der Waals surface area contributed by atoms with E-state index in [1.165, 1.54) is 17.4 Å². The third-order valence-corrected chi connectivity index (χ3v) is 6.77. The van der Waals surface area contributed by atoms with E-state index in [1.54, 1.807) is 0 Å². The number of aromatic nitrogens is 1. The van der Waals surface area contributed by atoms with Crippen LogP contribution in [0.25, 0.3) is 10.9 Å². The van der Waals surface area contributed by atoms with Gasteiger partial charge in [-0.05, 0) is 62.8 Å². The maximum absolute atomic E-state index is 12.6. The molecule has 4 nitrogen and oxygen atoms in total. The second-order valence-corrected chi connectivity index (χ2v) is 8.00. The zero-order valence-corrected chi connectivity index (χ0v) is 14.6. The van der Waals surface area contributed by atoms with E-state index < -0.39 is 11.1 Å². The Kier molecular flexibility index (Phi) is 2.86. The summed E-state index contributed by atoms with van der Waals surface area (Å²) in [4.78, 5) is 18.2. The molecule has 1 spiro atoms. The van der Waals surface area contributed by atoms with Gasteiger partial charge in [-0.15, -0.1) is 0 Å². The maximum Gasteiger partial charge on any atom is 0.411 e. The fourth-order valence-electron chi connectivity index (χ4n) is 5.26. The van der Waals surface area contributed by atoms with Crippen LogP contribution in [0.1, 0.15) is 50.3 Å². The number of H-pyrrole nitrogens is 1. The maximum atomic E-state index is 12.6. The first kappa shape index (κ1) is 14.6. The zero-order valence-electron chi connectivity index (χ0n) is 13.8. The van der Waals surface area contributed by atoms with E-state index in [-0.39, 0.29) is 6.09 Å². The van der Waals surface area contributed by atoms with E-state index in [2.05, 4.69) is 11.9 Å². The van der Waals surface area contributed by atoms with Crippen LogP contribution in [0.2, 0.25) is 5.02 Å². The Morgan fingerprint density at radius 2 is 2.04 bits per heavy atom. The quantitative estimate of drug-likeness (QED) is 0.749. The van der Waals surface area contributed by atoms with Crippen LogP contribution in [-0.2, 0) is 16.7 Å². The van der Waals surface area contributed by atoms with Crippen molar-refractivity contribution >= 4 is 28.6 Å². The van der Waals surface area contributed by atoms with Gasteiger partial charge in [-0.3, -0.25) is 4.90 Å². The SMILES string of the molecule is C[C@@]12c3[nH]c4ccc(Cl)cc4c3CCN1C(=O)OC21CCCCC1. The number of benzene rings is 1. The minimum atomic E-state index is -0.413. The predicted molar refractivity (Wildman–Crippen MR) is 93.4 cm³/mol. The van der Waals surface area contributed by atoms with E-state index in [1.807, 2.05) is 23.1 Å². The number of rotatable bonds is 0. The standard InChI is InChI=1S/C19H21ClN2O2/c1-18-16-13(14-11-12(20)5-6-15(14)21-16)7-10-22(18)17(23)24-19(18)8-3-2-4-9-19/h5-6,11,21H,2-4,7-10H2,1H3/t18-/m0/s1. The lowest BCUT2D eigenvalue weighted by Crippen LogP contribution is -2.57. The number of nitrogens with one attached hydrogen (secondary N) is 1. The lowest BCUT2D eigenvalue weighted by atomic mass is 9.67. The highest BCUT2D eigenvalue weighted by Crippen LogP contribution is 2.56. The Balaban J connectivity index is 1.77. The highest BCUT2D eigenvalue weighted by atomic mass is 35.5. The summed E-state index contributed by atoms with van der Waals surface area (Å²) >= 11 is 6.23. The summed E-state index contributed by atoms with van der Waals surface area (Å²) in [6.45, 7) is 2.90. The lowest BCUT2D eigenvalue weighted by Gasteiger charge is -2.47. The molecule has 1 aromatic carbocycles. The number of fused-ring (bicyclic) bond motifs is 6. The van der Waals surface area contributed by atoms with Crippen LogP contribution in [0.4, 0.5) is 4.79 Å².